The topological polar surface area (TPSA) is 43.4 Å². The lowest BCUT2D eigenvalue weighted by atomic mass is 10.3. The van der Waals surface area contributed by atoms with E-state index in [0.717, 1.165) is 0 Å². The zero-order valence-corrected chi connectivity index (χ0v) is 6.35. The zero-order chi connectivity index (χ0) is 7.98. The van der Waals surface area contributed by atoms with E-state index in [0.29, 0.717) is 12.8 Å². The number of hydrogen-bond acceptors (Lipinski definition) is 3. The minimum absolute atomic E-state index is 0.0453. The van der Waals surface area contributed by atoms with Crippen LogP contribution < -0.4 is 0 Å². The Balaban J connectivity index is 3.20. The Labute approximate surface area is 60.4 Å². The first kappa shape index (κ1) is 9.14. The van der Waals surface area contributed by atoms with Gasteiger partial charge in [0.2, 0.25) is 0 Å². The number of rotatable bonds is 4. The SMILES string of the molecule is CCC(=O)OCCC(C)=O. The normalized spacial score (nSPS) is 9.00. The van der Waals surface area contributed by atoms with Gasteiger partial charge in [-0.2, -0.15) is 0 Å². The number of hydrogen-bond donors (Lipinski definition) is 0. The van der Waals surface area contributed by atoms with Gasteiger partial charge in [0.05, 0.1) is 6.61 Å². The summed E-state index contributed by atoms with van der Waals surface area (Å²) in [4.78, 5) is 20.8. The van der Waals surface area contributed by atoms with Crippen LogP contribution in [0.4, 0.5) is 0 Å². The van der Waals surface area contributed by atoms with E-state index in [1.165, 1.54) is 6.92 Å². The lowest BCUT2D eigenvalue weighted by Gasteiger charge is -1.98. The molecule has 0 atom stereocenters. The largest absolute Gasteiger partial charge is 0.465 e. The number of carbonyl (C=O) groups excluding carboxylic acids is 2. The van der Waals surface area contributed by atoms with Crippen molar-refractivity contribution in [3.05, 3.63) is 0 Å². The molecule has 58 valence electrons. The van der Waals surface area contributed by atoms with E-state index < -0.39 is 0 Å². The lowest BCUT2D eigenvalue weighted by molar-refractivity contribution is -0.143. The van der Waals surface area contributed by atoms with Crippen molar-refractivity contribution in [1.82, 2.24) is 0 Å². The van der Waals surface area contributed by atoms with Crippen LogP contribution in [0.25, 0.3) is 0 Å². The van der Waals surface area contributed by atoms with Crippen LogP contribution in [0.3, 0.4) is 0 Å². The smallest absolute Gasteiger partial charge is 0.305 e. The van der Waals surface area contributed by atoms with Crippen molar-refractivity contribution in [3.63, 3.8) is 0 Å². The fourth-order valence-electron chi connectivity index (χ4n) is 0.411. The maximum Gasteiger partial charge on any atom is 0.305 e. The minimum Gasteiger partial charge on any atom is -0.465 e. The molecular formula is C7H12O3. The summed E-state index contributed by atoms with van der Waals surface area (Å²) in [6, 6.07) is 0. The van der Waals surface area contributed by atoms with Crippen molar-refractivity contribution in [3.8, 4) is 0 Å². The van der Waals surface area contributed by atoms with Gasteiger partial charge in [0.25, 0.3) is 0 Å². The quantitative estimate of drug-likeness (QED) is 0.551. The maximum atomic E-state index is 10.5. The maximum absolute atomic E-state index is 10.5. The standard InChI is InChI=1S/C7H12O3/c1-3-7(9)10-5-4-6(2)8/h3-5H2,1-2H3. The van der Waals surface area contributed by atoms with Crippen LogP contribution in [0, 0.1) is 0 Å². The lowest BCUT2D eigenvalue weighted by Crippen LogP contribution is -2.06. The van der Waals surface area contributed by atoms with E-state index >= 15 is 0 Å². The van der Waals surface area contributed by atoms with E-state index in [1.807, 2.05) is 0 Å². The molecule has 0 fully saturated rings. The van der Waals surface area contributed by atoms with Gasteiger partial charge < -0.3 is 4.74 Å². The molecule has 0 bridgehead atoms. The van der Waals surface area contributed by atoms with Crippen molar-refractivity contribution in [2.45, 2.75) is 26.7 Å². The summed E-state index contributed by atoms with van der Waals surface area (Å²) in [5, 5.41) is 0. The summed E-state index contributed by atoms with van der Waals surface area (Å²) in [6.45, 7) is 3.41. The molecule has 0 spiro atoms. The van der Waals surface area contributed by atoms with E-state index in [-0.39, 0.29) is 18.4 Å². The monoisotopic (exact) mass is 144 g/mol. The Morgan fingerprint density at radius 1 is 1.40 bits per heavy atom. The van der Waals surface area contributed by atoms with Crippen LogP contribution in [-0.4, -0.2) is 18.4 Å². The van der Waals surface area contributed by atoms with Gasteiger partial charge in [0.1, 0.15) is 5.78 Å². The summed E-state index contributed by atoms with van der Waals surface area (Å²) in [7, 11) is 0. The summed E-state index contributed by atoms with van der Waals surface area (Å²) in [5.74, 6) is -0.204. The highest BCUT2D eigenvalue weighted by Gasteiger charge is 1.98. The molecule has 0 radical (unpaired) electrons. The molecule has 0 saturated carbocycles. The number of carbonyl (C=O) groups is 2. The van der Waals surface area contributed by atoms with Crippen LogP contribution in [0.15, 0.2) is 0 Å². The number of ether oxygens (including phenoxy) is 1. The molecule has 0 saturated heterocycles. The van der Waals surface area contributed by atoms with Gasteiger partial charge in [-0.1, -0.05) is 6.92 Å². The molecule has 0 aromatic rings. The number of esters is 1. The van der Waals surface area contributed by atoms with E-state index in [1.54, 1.807) is 6.92 Å². The zero-order valence-electron chi connectivity index (χ0n) is 6.35. The molecule has 0 aromatic heterocycles. The van der Waals surface area contributed by atoms with Crippen molar-refractivity contribution >= 4 is 11.8 Å². The van der Waals surface area contributed by atoms with Gasteiger partial charge >= 0.3 is 5.97 Å². The molecule has 0 unspecified atom stereocenters. The molecule has 3 heteroatoms. The molecule has 0 aliphatic carbocycles. The molecule has 0 aliphatic rings. The Kier molecular flexibility index (Phi) is 4.54. The van der Waals surface area contributed by atoms with Gasteiger partial charge in [-0.15, -0.1) is 0 Å². The third-order valence-corrected chi connectivity index (χ3v) is 1.01. The molecule has 0 amide bonds. The summed E-state index contributed by atoms with van der Waals surface area (Å²) >= 11 is 0. The molecule has 0 heterocycles. The minimum atomic E-state index is -0.249. The van der Waals surface area contributed by atoms with E-state index in [2.05, 4.69) is 4.74 Å². The highest BCUT2D eigenvalue weighted by atomic mass is 16.5. The molecule has 10 heavy (non-hydrogen) atoms. The predicted octanol–water partition coefficient (Wildman–Crippen LogP) is 0.919. The van der Waals surface area contributed by atoms with Crippen LogP contribution >= 0.6 is 0 Å². The fourth-order valence-corrected chi connectivity index (χ4v) is 0.411. The molecular weight excluding hydrogens is 132 g/mol. The highest BCUT2D eigenvalue weighted by Crippen LogP contribution is 1.87. The van der Waals surface area contributed by atoms with Crippen LogP contribution in [0.1, 0.15) is 26.7 Å². The second kappa shape index (κ2) is 4.97. The predicted molar refractivity (Wildman–Crippen MR) is 36.5 cm³/mol. The van der Waals surface area contributed by atoms with Crippen LogP contribution in [0.5, 0.6) is 0 Å². The summed E-state index contributed by atoms with van der Waals surface area (Å²) in [5.41, 5.74) is 0. The summed E-state index contributed by atoms with van der Waals surface area (Å²) in [6.07, 6.45) is 0.698. The fraction of sp³-hybridized carbons (Fsp3) is 0.714. The van der Waals surface area contributed by atoms with Gasteiger partial charge in [-0.3, -0.25) is 9.59 Å². The third kappa shape index (κ3) is 5.28. The first-order valence-electron chi connectivity index (χ1n) is 3.32. The molecule has 0 N–H and O–H groups in total. The molecule has 0 aromatic carbocycles. The van der Waals surface area contributed by atoms with Gasteiger partial charge in [-0.05, 0) is 6.92 Å². The second-order valence-electron chi connectivity index (χ2n) is 2.03. The van der Waals surface area contributed by atoms with E-state index in [4.69, 9.17) is 0 Å². The average molecular weight is 144 g/mol. The second-order valence-corrected chi connectivity index (χ2v) is 2.03. The van der Waals surface area contributed by atoms with Gasteiger partial charge in [0, 0.05) is 12.8 Å². The number of Topliss-reactive ketones (excluding diaryl/α,β-unsaturated/α-hetero) is 1. The van der Waals surface area contributed by atoms with Crippen molar-refractivity contribution in [2.75, 3.05) is 6.61 Å². The highest BCUT2D eigenvalue weighted by molar-refractivity contribution is 5.76. The number of ketones is 1. The molecule has 0 aliphatic heterocycles. The molecule has 3 nitrogen and oxygen atoms in total. The van der Waals surface area contributed by atoms with Gasteiger partial charge in [-0.25, -0.2) is 0 Å². The average Bonchev–Trinajstić information content (AvgIpc) is 1.87. The third-order valence-electron chi connectivity index (χ3n) is 1.01. The first-order chi connectivity index (χ1) is 4.66. The van der Waals surface area contributed by atoms with E-state index in [9.17, 15) is 9.59 Å². The van der Waals surface area contributed by atoms with Gasteiger partial charge in [0.15, 0.2) is 0 Å². The first-order valence-corrected chi connectivity index (χ1v) is 3.32. The van der Waals surface area contributed by atoms with Crippen LogP contribution in [0.2, 0.25) is 0 Å². The van der Waals surface area contributed by atoms with Crippen molar-refractivity contribution in [2.24, 2.45) is 0 Å². The van der Waals surface area contributed by atoms with Crippen molar-refractivity contribution < 1.29 is 14.3 Å². The molecule has 0 rings (SSSR count). The van der Waals surface area contributed by atoms with Crippen molar-refractivity contribution in [1.29, 1.82) is 0 Å². The Morgan fingerprint density at radius 2 is 2.00 bits per heavy atom. The Hall–Kier alpha value is -0.860. The van der Waals surface area contributed by atoms with Crippen LogP contribution in [-0.2, 0) is 14.3 Å². The Bertz CT molecular complexity index is 129. The Morgan fingerprint density at radius 3 is 2.40 bits per heavy atom. The summed E-state index contributed by atoms with van der Waals surface area (Å²) < 4.78 is 4.64.